The van der Waals surface area contributed by atoms with E-state index in [9.17, 15) is 0 Å². The predicted octanol–water partition coefficient (Wildman–Crippen LogP) is 3.87. The van der Waals surface area contributed by atoms with Crippen LogP contribution in [0.4, 0.5) is 0 Å². The Bertz CT molecular complexity index is 322. The first-order valence-electron chi connectivity index (χ1n) is 6.58. The summed E-state index contributed by atoms with van der Waals surface area (Å²) in [6.45, 7) is 12.2. The quantitative estimate of drug-likeness (QED) is 0.836. The SMILES string of the molecule is CCCNC(CC(C)(C)C)c1ccc(C)nc1. The van der Waals surface area contributed by atoms with Gasteiger partial charge in [0.2, 0.25) is 0 Å². The molecule has 1 aromatic heterocycles. The van der Waals surface area contributed by atoms with E-state index in [4.69, 9.17) is 0 Å². The van der Waals surface area contributed by atoms with Crippen molar-refractivity contribution in [2.24, 2.45) is 5.41 Å². The molecule has 0 saturated heterocycles. The zero-order valence-electron chi connectivity index (χ0n) is 11.9. The third kappa shape index (κ3) is 5.31. The maximum atomic E-state index is 4.40. The van der Waals surface area contributed by atoms with Gasteiger partial charge in [-0.2, -0.15) is 0 Å². The van der Waals surface area contributed by atoms with Gasteiger partial charge in [-0.25, -0.2) is 0 Å². The van der Waals surface area contributed by atoms with Gasteiger partial charge in [0.1, 0.15) is 0 Å². The molecule has 2 nitrogen and oxygen atoms in total. The Hall–Kier alpha value is -0.890. The Balaban J connectivity index is 2.78. The lowest BCUT2D eigenvalue weighted by Crippen LogP contribution is -2.26. The van der Waals surface area contributed by atoms with Crippen LogP contribution < -0.4 is 5.32 Å². The van der Waals surface area contributed by atoms with Crippen molar-refractivity contribution in [2.45, 2.75) is 53.5 Å². The van der Waals surface area contributed by atoms with Crippen LogP contribution in [0, 0.1) is 12.3 Å². The second kappa shape index (κ2) is 6.15. The lowest BCUT2D eigenvalue weighted by atomic mass is 9.86. The molecule has 0 fully saturated rings. The van der Waals surface area contributed by atoms with Gasteiger partial charge < -0.3 is 5.32 Å². The van der Waals surface area contributed by atoms with E-state index in [0.717, 1.165) is 18.7 Å². The van der Waals surface area contributed by atoms with Crippen LogP contribution in [-0.2, 0) is 0 Å². The molecule has 0 aromatic carbocycles. The van der Waals surface area contributed by atoms with E-state index in [-0.39, 0.29) is 0 Å². The minimum absolute atomic E-state index is 0.330. The van der Waals surface area contributed by atoms with E-state index in [1.54, 1.807) is 0 Å². The lowest BCUT2D eigenvalue weighted by molar-refractivity contribution is 0.311. The average molecular weight is 234 g/mol. The highest BCUT2D eigenvalue weighted by atomic mass is 14.9. The normalized spacial score (nSPS) is 13.7. The molecule has 0 amide bonds. The highest BCUT2D eigenvalue weighted by molar-refractivity contribution is 5.17. The van der Waals surface area contributed by atoms with Crippen LogP contribution in [0.25, 0.3) is 0 Å². The number of nitrogens with zero attached hydrogens (tertiary/aromatic N) is 1. The van der Waals surface area contributed by atoms with E-state index in [0.29, 0.717) is 11.5 Å². The summed E-state index contributed by atoms with van der Waals surface area (Å²) < 4.78 is 0. The predicted molar refractivity (Wildman–Crippen MR) is 74.1 cm³/mol. The Morgan fingerprint density at radius 2 is 2.00 bits per heavy atom. The second-order valence-corrected chi connectivity index (χ2v) is 6.00. The molecule has 0 aliphatic heterocycles. The average Bonchev–Trinajstić information content (AvgIpc) is 2.24. The van der Waals surface area contributed by atoms with Gasteiger partial charge in [-0.05, 0) is 43.4 Å². The highest BCUT2D eigenvalue weighted by Crippen LogP contribution is 2.29. The van der Waals surface area contributed by atoms with Crippen molar-refractivity contribution in [3.63, 3.8) is 0 Å². The highest BCUT2D eigenvalue weighted by Gasteiger charge is 2.19. The number of hydrogen-bond acceptors (Lipinski definition) is 2. The van der Waals surface area contributed by atoms with E-state index < -0.39 is 0 Å². The van der Waals surface area contributed by atoms with Gasteiger partial charge in [-0.1, -0.05) is 33.8 Å². The Labute approximate surface area is 106 Å². The van der Waals surface area contributed by atoms with E-state index in [1.165, 1.54) is 12.0 Å². The Kier molecular flexibility index (Phi) is 5.13. The molecule has 1 unspecified atom stereocenters. The van der Waals surface area contributed by atoms with Gasteiger partial charge in [0.15, 0.2) is 0 Å². The van der Waals surface area contributed by atoms with Crippen LogP contribution in [0.15, 0.2) is 18.3 Å². The van der Waals surface area contributed by atoms with E-state index in [2.05, 4.69) is 50.1 Å². The topological polar surface area (TPSA) is 24.9 Å². The van der Waals surface area contributed by atoms with Gasteiger partial charge >= 0.3 is 0 Å². The number of aryl methyl sites for hydroxylation is 1. The van der Waals surface area contributed by atoms with Crippen LogP contribution in [0.2, 0.25) is 0 Å². The summed E-state index contributed by atoms with van der Waals surface area (Å²) in [7, 11) is 0. The molecule has 1 rings (SSSR count). The van der Waals surface area contributed by atoms with Gasteiger partial charge in [-0.15, -0.1) is 0 Å². The zero-order valence-corrected chi connectivity index (χ0v) is 11.9. The maximum absolute atomic E-state index is 4.40. The fourth-order valence-electron chi connectivity index (χ4n) is 1.92. The Morgan fingerprint density at radius 3 is 2.47 bits per heavy atom. The minimum atomic E-state index is 0.330. The van der Waals surface area contributed by atoms with Crippen LogP contribution in [-0.4, -0.2) is 11.5 Å². The molecule has 0 radical (unpaired) electrons. The first kappa shape index (κ1) is 14.2. The van der Waals surface area contributed by atoms with Crippen LogP contribution in [0.3, 0.4) is 0 Å². The molecule has 1 N–H and O–H groups in total. The fraction of sp³-hybridized carbons (Fsp3) is 0.667. The minimum Gasteiger partial charge on any atom is -0.310 e. The monoisotopic (exact) mass is 234 g/mol. The fourth-order valence-corrected chi connectivity index (χ4v) is 1.92. The number of pyridine rings is 1. The standard InChI is InChI=1S/C15H26N2/c1-6-9-16-14(10-15(3,4)5)13-8-7-12(2)17-11-13/h7-8,11,14,16H,6,9-10H2,1-5H3. The summed E-state index contributed by atoms with van der Waals surface area (Å²) in [6, 6.07) is 4.71. The number of rotatable bonds is 5. The molecular weight excluding hydrogens is 208 g/mol. The molecule has 96 valence electrons. The van der Waals surface area contributed by atoms with Gasteiger partial charge in [-0.3, -0.25) is 4.98 Å². The van der Waals surface area contributed by atoms with Crippen LogP contribution in [0.5, 0.6) is 0 Å². The van der Waals surface area contributed by atoms with Crippen LogP contribution in [0.1, 0.15) is 57.8 Å². The summed E-state index contributed by atoms with van der Waals surface area (Å²) in [6.07, 6.45) is 4.31. The van der Waals surface area contributed by atoms with Crippen molar-refractivity contribution in [2.75, 3.05) is 6.54 Å². The second-order valence-electron chi connectivity index (χ2n) is 6.00. The van der Waals surface area contributed by atoms with Crippen molar-refractivity contribution in [1.82, 2.24) is 10.3 Å². The molecule has 1 aromatic rings. The molecular formula is C15H26N2. The van der Waals surface area contributed by atoms with Crippen molar-refractivity contribution in [3.05, 3.63) is 29.6 Å². The van der Waals surface area contributed by atoms with Crippen molar-refractivity contribution in [1.29, 1.82) is 0 Å². The van der Waals surface area contributed by atoms with Gasteiger partial charge in [0, 0.05) is 17.9 Å². The lowest BCUT2D eigenvalue weighted by Gasteiger charge is -2.27. The molecule has 0 saturated carbocycles. The summed E-state index contributed by atoms with van der Waals surface area (Å²) in [5.41, 5.74) is 2.72. The largest absolute Gasteiger partial charge is 0.310 e. The molecule has 1 atom stereocenters. The molecule has 0 aliphatic carbocycles. The van der Waals surface area contributed by atoms with Crippen LogP contribution >= 0.6 is 0 Å². The molecule has 17 heavy (non-hydrogen) atoms. The molecule has 0 spiro atoms. The molecule has 0 bridgehead atoms. The van der Waals surface area contributed by atoms with E-state index in [1.807, 2.05) is 13.1 Å². The van der Waals surface area contributed by atoms with Gasteiger partial charge in [0.05, 0.1) is 0 Å². The third-order valence-corrected chi connectivity index (χ3v) is 2.79. The van der Waals surface area contributed by atoms with Crippen molar-refractivity contribution in [3.8, 4) is 0 Å². The summed E-state index contributed by atoms with van der Waals surface area (Å²) in [5.74, 6) is 0. The molecule has 0 aliphatic rings. The number of nitrogens with one attached hydrogen (secondary N) is 1. The maximum Gasteiger partial charge on any atom is 0.0372 e. The number of hydrogen-bond donors (Lipinski definition) is 1. The van der Waals surface area contributed by atoms with Gasteiger partial charge in [0.25, 0.3) is 0 Å². The first-order chi connectivity index (χ1) is 7.92. The molecule has 2 heteroatoms. The first-order valence-corrected chi connectivity index (χ1v) is 6.58. The Morgan fingerprint density at radius 1 is 1.29 bits per heavy atom. The van der Waals surface area contributed by atoms with Crippen molar-refractivity contribution >= 4 is 0 Å². The summed E-state index contributed by atoms with van der Waals surface area (Å²) >= 11 is 0. The third-order valence-electron chi connectivity index (χ3n) is 2.79. The van der Waals surface area contributed by atoms with E-state index >= 15 is 0 Å². The number of aromatic nitrogens is 1. The van der Waals surface area contributed by atoms with Crippen molar-refractivity contribution < 1.29 is 0 Å². The molecule has 1 heterocycles. The summed E-state index contributed by atoms with van der Waals surface area (Å²) in [4.78, 5) is 4.40. The zero-order chi connectivity index (χ0) is 12.9. The smallest absolute Gasteiger partial charge is 0.0372 e. The summed E-state index contributed by atoms with van der Waals surface area (Å²) in [5, 5.41) is 3.62.